The van der Waals surface area contributed by atoms with Crippen LogP contribution in [0.2, 0.25) is 0 Å². The van der Waals surface area contributed by atoms with Crippen molar-refractivity contribution in [2.75, 3.05) is 5.32 Å². The Morgan fingerprint density at radius 2 is 2.15 bits per heavy atom. The molecule has 27 heavy (non-hydrogen) atoms. The van der Waals surface area contributed by atoms with Gasteiger partial charge in [-0.3, -0.25) is 4.79 Å². The number of nitrogens with one attached hydrogen (secondary N) is 1. The van der Waals surface area contributed by atoms with Gasteiger partial charge in [-0.2, -0.15) is 0 Å². The van der Waals surface area contributed by atoms with E-state index in [1.807, 2.05) is 35.9 Å². The first-order valence-corrected chi connectivity index (χ1v) is 9.87. The fourth-order valence-corrected chi connectivity index (χ4v) is 4.84. The van der Waals surface area contributed by atoms with Crippen molar-refractivity contribution in [3.8, 4) is 0 Å². The zero-order valence-corrected chi connectivity index (χ0v) is 16.2. The summed E-state index contributed by atoms with van der Waals surface area (Å²) in [5.74, 6) is -0.578. The van der Waals surface area contributed by atoms with Gasteiger partial charge < -0.3 is 14.5 Å². The summed E-state index contributed by atoms with van der Waals surface area (Å²) in [5.41, 5.74) is 4.17. The van der Waals surface area contributed by atoms with Crippen LogP contribution in [0.3, 0.4) is 0 Å². The van der Waals surface area contributed by atoms with Gasteiger partial charge >= 0.3 is 5.97 Å². The summed E-state index contributed by atoms with van der Waals surface area (Å²) in [5, 5.41) is 3.40. The second-order valence-electron chi connectivity index (χ2n) is 6.83. The third kappa shape index (κ3) is 3.47. The summed E-state index contributed by atoms with van der Waals surface area (Å²) in [6, 6.07) is 3.95. The first-order chi connectivity index (χ1) is 13.0. The van der Waals surface area contributed by atoms with Gasteiger partial charge in [0.2, 0.25) is 5.91 Å². The molecule has 0 atom stereocenters. The lowest BCUT2D eigenvalue weighted by molar-refractivity contribution is -0.114. The van der Waals surface area contributed by atoms with E-state index in [0.717, 1.165) is 42.5 Å². The van der Waals surface area contributed by atoms with E-state index in [-0.39, 0.29) is 12.5 Å². The average Bonchev–Trinajstić information content (AvgIpc) is 3.20. The molecule has 0 aromatic carbocycles. The molecule has 1 aliphatic carbocycles. The van der Waals surface area contributed by atoms with Crippen molar-refractivity contribution in [2.45, 2.75) is 46.1 Å². The zero-order valence-electron chi connectivity index (χ0n) is 15.4. The molecule has 4 rings (SSSR count). The number of pyridine rings is 1. The second kappa shape index (κ2) is 7.15. The van der Waals surface area contributed by atoms with Crippen molar-refractivity contribution in [3.63, 3.8) is 0 Å². The maximum Gasteiger partial charge on any atom is 0.341 e. The molecule has 3 aromatic rings. The lowest BCUT2D eigenvalue weighted by atomic mass is 9.95. The molecule has 6 nitrogen and oxygen atoms in total. The Morgan fingerprint density at radius 1 is 1.33 bits per heavy atom. The van der Waals surface area contributed by atoms with Crippen LogP contribution in [0.4, 0.5) is 5.00 Å². The van der Waals surface area contributed by atoms with Crippen molar-refractivity contribution in [1.29, 1.82) is 0 Å². The highest BCUT2D eigenvalue weighted by Gasteiger charge is 2.27. The monoisotopic (exact) mass is 383 g/mol. The highest BCUT2D eigenvalue weighted by Crippen LogP contribution is 2.38. The number of anilines is 1. The van der Waals surface area contributed by atoms with Crippen LogP contribution < -0.4 is 5.32 Å². The lowest BCUT2D eigenvalue weighted by Crippen LogP contribution is -2.13. The number of esters is 1. The topological polar surface area (TPSA) is 72.7 Å². The van der Waals surface area contributed by atoms with E-state index in [4.69, 9.17) is 4.74 Å². The molecule has 1 aliphatic rings. The second-order valence-corrected chi connectivity index (χ2v) is 7.93. The summed E-state index contributed by atoms with van der Waals surface area (Å²) in [6.07, 6.45) is 7.75. The average molecular weight is 383 g/mol. The number of thiophene rings is 1. The van der Waals surface area contributed by atoms with Crippen LogP contribution in [0.5, 0.6) is 0 Å². The molecule has 0 fully saturated rings. The van der Waals surface area contributed by atoms with Gasteiger partial charge in [0.25, 0.3) is 0 Å². The fraction of sp³-hybridized carbons (Fsp3) is 0.350. The van der Waals surface area contributed by atoms with E-state index in [9.17, 15) is 9.59 Å². The Hall–Kier alpha value is -2.67. The summed E-state index contributed by atoms with van der Waals surface area (Å²) in [7, 11) is 0. The number of aryl methyl sites for hydroxylation is 2. The molecule has 0 bridgehead atoms. The standard InChI is InChI=1S/C20H21N3O3S/c1-12-6-5-9-23-10-14(22-18(12)23)11-26-20(25)17-15-7-3-4-8-16(15)27-19(17)21-13(2)24/h5-6,9-10H,3-4,7-8,11H2,1-2H3,(H,21,24). The Bertz CT molecular complexity index is 1030. The molecule has 3 heterocycles. The van der Waals surface area contributed by atoms with Gasteiger partial charge in [0, 0.05) is 24.2 Å². The highest BCUT2D eigenvalue weighted by molar-refractivity contribution is 7.17. The fourth-order valence-electron chi connectivity index (χ4n) is 3.52. The summed E-state index contributed by atoms with van der Waals surface area (Å²) >= 11 is 1.49. The van der Waals surface area contributed by atoms with Crippen molar-refractivity contribution in [1.82, 2.24) is 9.38 Å². The van der Waals surface area contributed by atoms with Gasteiger partial charge in [-0.15, -0.1) is 11.3 Å². The number of aromatic nitrogens is 2. The number of nitrogens with zero attached hydrogens (tertiary/aromatic N) is 2. The molecule has 7 heteroatoms. The Balaban J connectivity index is 1.57. The number of hydrogen-bond acceptors (Lipinski definition) is 5. The van der Waals surface area contributed by atoms with Gasteiger partial charge in [0.1, 0.15) is 17.3 Å². The van der Waals surface area contributed by atoms with Gasteiger partial charge in [0.05, 0.1) is 11.3 Å². The number of hydrogen-bond donors (Lipinski definition) is 1. The third-order valence-electron chi connectivity index (χ3n) is 4.74. The molecule has 0 unspecified atom stereocenters. The molecule has 3 aromatic heterocycles. The molecule has 1 N–H and O–H groups in total. The molecule has 1 amide bonds. The normalized spacial score (nSPS) is 13.4. The van der Waals surface area contributed by atoms with Crippen LogP contribution >= 0.6 is 11.3 Å². The molecule has 0 saturated heterocycles. The van der Waals surface area contributed by atoms with Gasteiger partial charge in [-0.25, -0.2) is 9.78 Å². The smallest absolute Gasteiger partial charge is 0.341 e. The number of carbonyl (C=O) groups excluding carboxylic acids is 2. The van der Waals surface area contributed by atoms with E-state index >= 15 is 0 Å². The largest absolute Gasteiger partial charge is 0.455 e. The maximum atomic E-state index is 12.8. The Morgan fingerprint density at radius 3 is 2.93 bits per heavy atom. The molecule has 0 spiro atoms. The van der Waals surface area contributed by atoms with Crippen LogP contribution in [-0.4, -0.2) is 21.3 Å². The Kier molecular flexibility index (Phi) is 4.70. The summed E-state index contributed by atoms with van der Waals surface area (Å²) < 4.78 is 7.50. The predicted molar refractivity (Wildman–Crippen MR) is 104 cm³/mol. The molecular weight excluding hydrogens is 362 g/mol. The van der Waals surface area contributed by atoms with E-state index in [1.54, 1.807) is 0 Å². The molecule has 0 saturated carbocycles. The third-order valence-corrected chi connectivity index (χ3v) is 5.95. The number of imidazole rings is 1. The van der Waals surface area contributed by atoms with Gasteiger partial charge in [-0.1, -0.05) is 6.07 Å². The van der Waals surface area contributed by atoms with Crippen molar-refractivity contribution >= 4 is 33.9 Å². The van der Waals surface area contributed by atoms with Crippen molar-refractivity contribution in [3.05, 3.63) is 51.8 Å². The number of fused-ring (bicyclic) bond motifs is 2. The quantitative estimate of drug-likeness (QED) is 0.694. The predicted octanol–water partition coefficient (Wildman–Crippen LogP) is 3.90. The van der Waals surface area contributed by atoms with E-state index in [1.165, 1.54) is 23.1 Å². The van der Waals surface area contributed by atoms with E-state index in [0.29, 0.717) is 16.3 Å². The number of rotatable bonds is 4. The minimum atomic E-state index is -0.396. The molecule has 140 valence electrons. The number of carbonyl (C=O) groups is 2. The molecule has 0 aliphatic heterocycles. The van der Waals surface area contributed by atoms with Crippen LogP contribution in [0.1, 0.15) is 51.8 Å². The Labute approximate surface area is 161 Å². The minimum absolute atomic E-state index is 0.101. The number of amides is 1. The highest BCUT2D eigenvalue weighted by atomic mass is 32.1. The van der Waals surface area contributed by atoms with Crippen molar-refractivity contribution in [2.24, 2.45) is 0 Å². The SMILES string of the molecule is CC(=O)Nc1sc2c(c1C(=O)OCc1cn3cccc(C)c3n1)CCCC2. The van der Waals surface area contributed by atoms with Gasteiger partial charge in [-0.05, 0) is 49.8 Å². The molecular formula is C20H21N3O3S. The van der Waals surface area contributed by atoms with Crippen LogP contribution in [0.15, 0.2) is 24.5 Å². The van der Waals surface area contributed by atoms with E-state index in [2.05, 4.69) is 10.3 Å². The first kappa shape index (κ1) is 17.7. The van der Waals surface area contributed by atoms with Crippen LogP contribution in [0.25, 0.3) is 5.65 Å². The lowest BCUT2D eigenvalue weighted by Gasteiger charge is -2.12. The maximum absolute atomic E-state index is 12.8. The van der Waals surface area contributed by atoms with Gasteiger partial charge in [0.15, 0.2) is 0 Å². The minimum Gasteiger partial charge on any atom is -0.455 e. The van der Waals surface area contributed by atoms with Crippen LogP contribution in [-0.2, 0) is 29.0 Å². The van der Waals surface area contributed by atoms with E-state index < -0.39 is 5.97 Å². The number of ether oxygens (including phenoxy) is 1. The van der Waals surface area contributed by atoms with Crippen LogP contribution in [0, 0.1) is 6.92 Å². The summed E-state index contributed by atoms with van der Waals surface area (Å²) in [6.45, 7) is 3.55. The molecule has 0 radical (unpaired) electrons. The zero-order chi connectivity index (χ0) is 19.0. The summed E-state index contributed by atoms with van der Waals surface area (Å²) in [4.78, 5) is 30.1. The first-order valence-electron chi connectivity index (χ1n) is 9.05. The van der Waals surface area contributed by atoms with Crippen molar-refractivity contribution < 1.29 is 14.3 Å².